The average molecular weight is 311 g/mol. The lowest BCUT2D eigenvalue weighted by Crippen LogP contribution is -2.57. The van der Waals surface area contributed by atoms with Crippen molar-refractivity contribution in [3.05, 3.63) is 36.0 Å². The van der Waals surface area contributed by atoms with Gasteiger partial charge in [0.05, 0.1) is 0 Å². The van der Waals surface area contributed by atoms with Gasteiger partial charge in [-0.05, 0) is 73.5 Å². The molecule has 0 heterocycles. The zero-order valence-corrected chi connectivity index (χ0v) is 15.7. The van der Waals surface area contributed by atoms with Crippen molar-refractivity contribution in [1.82, 2.24) is 0 Å². The normalized spacial score (nSPS) is 52.5. The molecule has 126 valence electrons. The van der Waals surface area contributed by atoms with Crippen LogP contribution in [0.15, 0.2) is 36.0 Å². The third-order valence-electron chi connectivity index (χ3n) is 9.34. The van der Waals surface area contributed by atoms with Crippen molar-refractivity contribution >= 4 is 0 Å². The van der Waals surface area contributed by atoms with Gasteiger partial charge in [0.15, 0.2) is 0 Å². The summed E-state index contributed by atoms with van der Waals surface area (Å²) in [6.07, 6.45) is 11.7. The molecule has 0 aliphatic heterocycles. The molecule has 0 N–H and O–H groups in total. The standard InChI is InChI=1S/C23H34/c1-15-11-12-22(5)18(13-15)8-10-20-19-9-7-16(2)21(19,4)14-17(3)23(20,22)6/h13,16,19-20H,1,3,7-12,14H2,2,4-6H3. The van der Waals surface area contributed by atoms with Gasteiger partial charge in [-0.1, -0.05) is 63.6 Å². The molecule has 3 fully saturated rings. The van der Waals surface area contributed by atoms with Gasteiger partial charge in [0.1, 0.15) is 0 Å². The minimum absolute atomic E-state index is 0.298. The minimum atomic E-state index is 0.298. The molecule has 4 rings (SSSR count). The zero-order chi connectivity index (χ0) is 16.6. The molecule has 0 amide bonds. The van der Waals surface area contributed by atoms with E-state index < -0.39 is 0 Å². The summed E-state index contributed by atoms with van der Waals surface area (Å²) >= 11 is 0. The Balaban J connectivity index is 1.83. The van der Waals surface area contributed by atoms with Crippen LogP contribution in [0, 0.1) is 34.0 Å². The van der Waals surface area contributed by atoms with Crippen LogP contribution in [0.3, 0.4) is 0 Å². The van der Waals surface area contributed by atoms with E-state index in [1.165, 1.54) is 50.5 Å². The number of hydrogen-bond acceptors (Lipinski definition) is 0. The van der Waals surface area contributed by atoms with Crippen LogP contribution in [-0.2, 0) is 0 Å². The van der Waals surface area contributed by atoms with Gasteiger partial charge in [0.25, 0.3) is 0 Å². The van der Waals surface area contributed by atoms with E-state index >= 15 is 0 Å². The molecule has 0 heteroatoms. The number of allylic oxidation sites excluding steroid dienone is 4. The van der Waals surface area contributed by atoms with Crippen LogP contribution >= 0.6 is 0 Å². The van der Waals surface area contributed by atoms with Crippen molar-refractivity contribution in [2.45, 2.75) is 72.6 Å². The molecule has 4 aliphatic carbocycles. The molecule has 0 saturated heterocycles. The Bertz CT molecular complexity index is 608. The lowest BCUT2D eigenvalue weighted by Gasteiger charge is -2.65. The lowest BCUT2D eigenvalue weighted by molar-refractivity contribution is -0.0730. The van der Waals surface area contributed by atoms with Crippen molar-refractivity contribution in [2.24, 2.45) is 34.0 Å². The molecule has 3 saturated carbocycles. The van der Waals surface area contributed by atoms with E-state index in [9.17, 15) is 0 Å². The highest BCUT2D eigenvalue weighted by Crippen LogP contribution is 2.73. The molecule has 0 radical (unpaired) electrons. The molecule has 23 heavy (non-hydrogen) atoms. The first-order valence-corrected chi connectivity index (χ1v) is 9.80. The van der Waals surface area contributed by atoms with Gasteiger partial charge < -0.3 is 0 Å². The fourth-order valence-corrected chi connectivity index (χ4v) is 7.32. The second-order valence-electron chi connectivity index (χ2n) is 9.88. The first kappa shape index (κ1) is 15.7. The van der Waals surface area contributed by atoms with Crippen LogP contribution in [0.2, 0.25) is 0 Å². The third-order valence-corrected chi connectivity index (χ3v) is 9.34. The summed E-state index contributed by atoms with van der Waals surface area (Å²) in [4.78, 5) is 0. The van der Waals surface area contributed by atoms with E-state index in [1.807, 2.05) is 0 Å². The predicted octanol–water partition coefficient (Wildman–Crippen LogP) is 6.70. The second kappa shape index (κ2) is 4.64. The van der Waals surface area contributed by atoms with Gasteiger partial charge in [-0.3, -0.25) is 0 Å². The fraction of sp³-hybridized carbons (Fsp3) is 0.739. The maximum atomic E-state index is 4.72. The van der Waals surface area contributed by atoms with Gasteiger partial charge in [0, 0.05) is 5.41 Å². The first-order valence-electron chi connectivity index (χ1n) is 9.80. The predicted molar refractivity (Wildman–Crippen MR) is 99.1 cm³/mol. The van der Waals surface area contributed by atoms with E-state index in [-0.39, 0.29) is 0 Å². The molecule has 0 aromatic rings. The molecule has 0 nitrogen and oxygen atoms in total. The quantitative estimate of drug-likeness (QED) is 0.437. The summed E-state index contributed by atoms with van der Waals surface area (Å²) in [7, 11) is 0. The van der Waals surface area contributed by atoms with Gasteiger partial charge in [-0.15, -0.1) is 0 Å². The number of fused-ring (bicyclic) bond motifs is 5. The molecule has 0 bridgehead atoms. The molecule has 0 aromatic carbocycles. The van der Waals surface area contributed by atoms with Crippen LogP contribution in [0.25, 0.3) is 0 Å². The Morgan fingerprint density at radius 1 is 1.00 bits per heavy atom. The van der Waals surface area contributed by atoms with Crippen LogP contribution in [0.1, 0.15) is 72.6 Å². The van der Waals surface area contributed by atoms with Crippen molar-refractivity contribution in [3.8, 4) is 0 Å². The van der Waals surface area contributed by atoms with Crippen LogP contribution in [0.5, 0.6) is 0 Å². The van der Waals surface area contributed by atoms with E-state index in [0.717, 1.165) is 17.8 Å². The SMILES string of the molecule is C=C1C=C2CCC3C4CCC(C)C4(C)CC(=C)C3(C)C2(C)CC1. The average Bonchev–Trinajstić information content (AvgIpc) is 2.77. The summed E-state index contributed by atoms with van der Waals surface area (Å²) in [6, 6.07) is 0. The van der Waals surface area contributed by atoms with E-state index in [2.05, 4.69) is 40.3 Å². The molecule has 6 atom stereocenters. The highest BCUT2D eigenvalue weighted by molar-refractivity contribution is 5.40. The Morgan fingerprint density at radius 2 is 1.74 bits per heavy atom. The Hall–Kier alpha value is -0.780. The molecule has 0 spiro atoms. The molecule has 0 aromatic heterocycles. The molecule has 6 unspecified atom stereocenters. The summed E-state index contributed by atoms with van der Waals surface area (Å²) in [5.41, 5.74) is 5.73. The van der Waals surface area contributed by atoms with Crippen molar-refractivity contribution in [2.75, 3.05) is 0 Å². The first-order chi connectivity index (χ1) is 10.7. The number of hydrogen-bond donors (Lipinski definition) is 0. The lowest BCUT2D eigenvalue weighted by atomic mass is 9.39. The van der Waals surface area contributed by atoms with Crippen molar-refractivity contribution < 1.29 is 0 Å². The van der Waals surface area contributed by atoms with Crippen LogP contribution < -0.4 is 0 Å². The van der Waals surface area contributed by atoms with Gasteiger partial charge in [-0.2, -0.15) is 0 Å². The summed E-state index contributed by atoms with van der Waals surface area (Å²) in [5.74, 6) is 2.62. The topological polar surface area (TPSA) is 0 Å². The second-order valence-corrected chi connectivity index (χ2v) is 9.88. The summed E-state index contributed by atoms with van der Waals surface area (Å²) in [6.45, 7) is 19.2. The summed E-state index contributed by atoms with van der Waals surface area (Å²) in [5, 5.41) is 0. The zero-order valence-electron chi connectivity index (χ0n) is 15.7. The smallest absolute Gasteiger partial charge is 0.000345 e. The largest absolute Gasteiger partial charge is 0.0992 e. The monoisotopic (exact) mass is 310 g/mol. The highest BCUT2D eigenvalue weighted by atomic mass is 14.7. The number of rotatable bonds is 0. The van der Waals surface area contributed by atoms with Gasteiger partial charge in [-0.25, -0.2) is 0 Å². The van der Waals surface area contributed by atoms with E-state index in [0.29, 0.717) is 16.2 Å². The Kier molecular flexibility index (Phi) is 3.18. The Labute approximate surface area is 143 Å². The van der Waals surface area contributed by atoms with E-state index in [4.69, 9.17) is 6.58 Å². The molecular formula is C23H34. The van der Waals surface area contributed by atoms with Gasteiger partial charge in [0.2, 0.25) is 0 Å². The van der Waals surface area contributed by atoms with Crippen LogP contribution in [0.4, 0.5) is 0 Å². The highest BCUT2D eigenvalue weighted by Gasteiger charge is 2.64. The maximum absolute atomic E-state index is 4.72. The van der Waals surface area contributed by atoms with Crippen molar-refractivity contribution in [3.63, 3.8) is 0 Å². The fourth-order valence-electron chi connectivity index (χ4n) is 7.32. The van der Waals surface area contributed by atoms with Gasteiger partial charge >= 0.3 is 0 Å². The maximum Gasteiger partial charge on any atom is 0.000345 e. The molecule has 4 aliphatic rings. The van der Waals surface area contributed by atoms with Crippen molar-refractivity contribution in [1.29, 1.82) is 0 Å². The Morgan fingerprint density at radius 3 is 2.48 bits per heavy atom. The van der Waals surface area contributed by atoms with E-state index in [1.54, 1.807) is 11.1 Å². The molecular weight excluding hydrogens is 276 g/mol. The summed E-state index contributed by atoms with van der Waals surface area (Å²) < 4.78 is 0. The minimum Gasteiger partial charge on any atom is -0.0992 e. The third kappa shape index (κ3) is 1.73. The van der Waals surface area contributed by atoms with Crippen LogP contribution in [-0.4, -0.2) is 0 Å².